The maximum absolute atomic E-state index is 13.6. The van der Waals surface area contributed by atoms with Gasteiger partial charge in [0.2, 0.25) is 0 Å². The van der Waals surface area contributed by atoms with E-state index in [1.54, 1.807) is 7.11 Å². The van der Waals surface area contributed by atoms with Crippen LogP contribution in [0.4, 0.5) is 8.78 Å². The van der Waals surface area contributed by atoms with Crippen molar-refractivity contribution in [3.05, 3.63) is 35.4 Å². The van der Waals surface area contributed by atoms with E-state index < -0.39 is 23.1 Å². The topological polar surface area (TPSA) is 41.6 Å². The molecule has 0 unspecified atom stereocenters. The van der Waals surface area contributed by atoms with Crippen LogP contribution in [0.1, 0.15) is 29.6 Å². The molecule has 1 aliphatic rings. The van der Waals surface area contributed by atoms with Crippen molar-refractivity contribution in [3.8, 4) is 0 Å². The van der Waals surface area contributed by atoms with E-state index in [2.05, 4.69) is 10.2 Å². The first-order chi connectivity index (χ1) is 10.6. The molecule has 1 aromatic rings. The number of hydrogen-bond donors (Lipinski definition) is 1. The molecule has 4 nitrogen and oxygen atoms in total. The zero-order valence-electron chi connectivity index (χ0n) is 12.8. The summed E-state index contributed by atoms with van der Waals surface area (Å²) >= 11 is 0. The Morgan fingerprint density at radius 2 is 1.95 bits per heavy atom. The maximum atomic E-state index is 13.6. The number of rotatable bonds is 6. The van der Waals surface area contributed by atoms with Gasteiger partial charge in [-0.25, -0.2) is 8.78 Å². The molecule has 0 saturated carbocycles. The third-order valence-electron chi connectivity index (χ3n) is 3.94. The van der Waals surface area contributed by atoms with Crippen LogP contribution in [0.3, 0.4) is 0 Å². The molecule has 1 fully saturated rings. The third kappa shape index (κ3) is 4.48. The zero-order valence-corrected chi connectivity index (χ0v) is 12.8. The predicted molar refractivity (Wildman–Crippen MR) is 79.8 cm³/mol. The number of halogens is 2. The van der Waals surface area contributed by atoms with Crippen LogP contribution in [0.5, 0.6) is 0 Å². The fourth-order valence-electron chi connectivity index (χ4n) is 2.71. The van der Waals surface area contributed by atoms with Crippen LogP contribution in [-0.2, 0) is 4.74 Å². The number of amides is 1. The van der Waals surface area contributed by atoms with E-state index in [1.165, 1.54) is 6.07 Å². The van der Waals surface area contributed by atoms with Crippen LogP contribution in [0.2, 0.25) is 0 Å². The Bertz CT molecular complexity index is 483. The first-order valence-electron chi connectivity index (χ1n) is 7.58. The molecule has 1 aromatic carbocycles. The lowest BCUT2D eigenvalue weighted by atomic mass is 10.0. The molecule has 0 spiro atoms. The van der Waals surface area contributed by atoms with E-state index in [4.69, 9.17) is 4.74 Å². The van der Waals surface area contributed by atoms with Gasteiger partial charge in [-0.2, -0.15) is 0 Å². The Morgan fingerprint density at radius 3 is 2.55 bits per heavy atom. The number of carbonyl (C=O) groups excluding carboxylic acids is 1. The Kier molecular flexibility index (Phi) is 6.27. The molecule has 122 valence electrons. The molecule has 0 aliphatic carbocycles. The van der Waals surface area contributed by atoms with Crippen LogP contribution < -0.4 is 5.32 Å². The molecule has 1 N–H and O–H groups in total. The fraction of sp³-hybridized carbons (Fsp3) is 0.562. The van der Waals surface area contributed by atoms with E-state index in [9.17, 15) is 13.6 Å². The van der Waals surface area contributed by atoms with Crippen LogP contribution in [0, 0.1) is 11.6 Å². The number of nitrogens with one attached hydrogen (secondary N) is 1. The summed E-state index contributed by atoms with van der Waals surface area (Å²) in [5.74, 6) is -2.32. The highest BCUT2D eigenvalue weighted by Crippen LogP contribution is 2.15. The minimum absolute atomic E-state index is 0.0369. The number of benzene rings is 1. The summed E-state index contributed by atoms with van der Waals surface area (Å²) in [7, 11) is 1.68. The first kappa shape index (κ1) is 16.8. The molecule has 0 atom stereocenters. The summed E-state index contributed by atoms with van der Waals surface area (Å²) in [6.07, 6.45) is 2.55. The Labute approximate surface area is 129 Å². The fourth-order valence-corrected chi connectivity index (χ4v) is 2.71. The van der Waals surface area contributed by atoms with Crippen molar-refractivity contribution in [1.82, 2.24) is 10.2 Å². The number of piperidine rings is 1. The molecule has 1 amide bonds. The summed E-state index contributed by atoms with van der Waals surface area (Å²) in [6, 6.07) is 3.40. The quantitative estimate of drug-likeness (QED) is 0.819. The molecule has 1 aliphatic heterocycles. The highest BCUT2D eigenvalue weighted by atomic mass is 19.1. The minimum atomic E-state index is -0.825. The van der Waals surface area contributed by atoms with E-state index in [1.807, 2.05) is 0 Å². The van der Waals surface area contributed by atoms with Crippen molar-refractivity contribution in [2.75, 3.05) is 33.4 Å². The summed E-state index contributed by atoms with van der Waals surface area (Å²) in [4.78, 5) is 14.3. The number of carbonyl (C=O) groups is 1. The SMILES string of the molecule is COCCCN1CCC(NC(=O)c2c(F)cccc2F)CC1. The Hall–Kier alpha value is -1.53. The second-order valence-electron chi connectivity index (χ2n) is 5.53. The lowest BCUT2D eigenvalue weighted by molar-refractivity contribution is 0.0898. The highest BCUT2D eigenvalue weighted by molar-refractivity contribution is 5.94. The predicted octanol–water partition coefficient (Wildman–Crippen LogP) is 2.20. The van der Waals surface area contributed by atoms with Crippen LogP contribution in [0.25, 0.3) is 0 Å². The van der Waals surface area contributed by atoms with Gasteiger partial charge < -0.3 is 15.0 Å². The molecule has 1 saturated heterocycles. The smallest absolute Gasteiger partial charge is 0.257 e. The van der Waals surface area contributed by atoms with Crippen molar-refractivity contribution in [2.24, 2.45) is 0 Å². The molecule has 1 heterocycles. The summed E-state index contributed by atoms with van der Waals surface area (Å²) in [5, 5.41) is 2.73. The Morgan fingerprint density at radius 1 is 1.32 bits per heavy atom. The van der Waals surface area contributed by atoms with E-state index in [-0.39, 0.29) is 6.04 Å². The average Bonchev–Trinajstić information content (AvgIpc) is 2.49. The normalized spacial score (nSPS) is 16.7. The van der Waals surface area contributed by atoms with Crippen molar-refractivity contribution < 1.29 is 18.3 Å². The number of ether oxygens (including phenoxy) is 1. The second kappa shape index (κ2) is 8.19. The van der Waals surface area contributed by atoms with Crippen molar-refractivity contribution in [3.63, 3.8) is 0 Å². The van der Waals surface area contributed by atoms with Gasteiger partial charge >= 0.3 is 0 Å². The van der Waals surface area contributed by atoms with Crippen molar-refractivity contribution in [1.29, 1.82) is 0 Å². The largest absolute Gasteiger partial charge is 0.385 e. The molecule has 0 bridgehead atoms. The summed E-state index contributed by atoms with van der Waals surface area (Å²) in [5.41, 5.74) is -0.495. The van der Waals surface area contributed by atoms with Gasteiger partial charge in [-0.3, -0.25) is 4.79 Å². The number of nitrogens with zero attached hydrogens (tertiary/aromatic N) is 1. The monoisotopic (exact) mass is 312 g/mol. The lowest BCUT2D eigenvalue weighted by Gasteiger charge is -2.32. The van der Waals surface area contributed by atoms with Gasteiger partial charge in [-0.1, -0.05) is 6.07 Å². The van der Waals surface area contributed by atoms with Gasteiger partial charge in [-0.05, 0) is 31.4 Å². The van der Waals surface area contributed by atoms with Gasteiger partial charge in [0, 0.05) is 39.4 Å². The zero-order chi connectivity index (χ0) is 15.9. The van der Waals surface area contributed by atoms with Gasteiger partial charge in [0.1, 0.15) is 17.2 Å². The van der Waals surface area contributed by atoms with Crippen LogP contribution in [0.15, 0.2) is 18.2 Å². The van der Waals surface area contributed by atoms with Gasteiger partial charge in [0.25, 0.3) is 5.91 Å². The molecule has 6 heteroatoms. The van der Waals surface area contributed by atoms with Crippen molar-refractivity contribution >= 4 is 5.91 Å². The molecule has 0 aromatic heterocycles. The standard InChI is InChI=1S/C16H22F2N2O2/c1-22-11-3-8-20-9-6-12(7-10-20)19-16(21)15-13(17)4-2-5-14(15)18/h2,4-5,12H,3,6-11H2,1H3,(H,19,21). The molecule has 2 rings (SSSR count). The molecular weight excluding hydrogens is 290 g/mol. The maximum Gasteiger partial charge on any atom is 0.257 e. The van der Waals surface area contributed by atoms with Crippen LogP contribution in [-0.4, -0.2) is 50.2 Å². The second-order valence-corrected chi connectivity index (χ2v) is 5.53. The Balaban J connectivity index is 1.82. The third-order valence-corrected chi connectivity index (χ3v) is 3.94. The summed E-state index contributed by atoms with van der Waals surface area (Å²) in [6.45, 7) is 3.45. The first-order valence-corrected chi connectivity index (χ1v) is 7.58. The number of likely N-dealkylation sites (tertiary alicyclic amines) is 1. The summed E-state index contributed by atoms with van der Waals surface area (Å²) < 4.78 is 32.2. The van der Waals surface area contributed by atoms with E-state index in [0.29, 0.717) is 0 Å². The molecule has 0 radical (unpaired) electrons. The van der Waals surface area contributed by atoms with Crippen LogP contribution >= 0.6 is 0 Å². The van der Waals surface area contributed by atoms with Gasteiger partial charge in [0.15, 0.2) is 0 Å². The number of hydrogen-bond acceptors (Lipinski definition) is 3. The average molecular weight is 312 g/mol. The lowest BCUT2D eigenvalue weighted by Crippen LogP contribution is -2.45. The van der Waals surface area contributed by atoms with E-state index in [0.717, 1.165) is 57.6 Å². The van der Waals surface area contributed by atoms with E-state index >= 15 is 0 Å². The van der Waals surface area contributed by atoms with Gasteiger partial charge in [0.05, 0.1) is 0 Å². The highest BCUT2D eigenvalue weighted by Gasteiger charge is 2.23. The van der Waals surface area contributed by atoms with Gasteiger partial charge in [-0.15, -0.1) is 0 Å². The van der Waals surface area contributed by atoms with Crippen molar-refractivity contribution in [2.45, 2.75) is 25.3 Å². The minimum Gasteiger partial charge on any atom is -0.385 e. The molecule has 22 heavy (non-hydrogen) atoms. The number of methoxy groups -OCH3 is 1. The molecular formula is C16H22F2N2O2.